The van der Waals surface area contributed by atoms with Crippen LogP contribution in [0.25, 0.3) is 0 Å². The first-order valence-electron chi connectivity index (χ1n) is 9.42. The molecule has 0 saturated heterocycles. The highest BCUT2D eigenvalue weighted by Gasteiger charge is 2.16. The summed E-state index contributed by atoms with van der Waals surface area (Å²) >= 11 is 0. The molecule has 0 aliphatic rings. The van der Waals surface area contributed by atoms with Crippen LogP contribution in [0.15, 0.2) is 91.0 Å². The first-order valence-corrected chi connectivity index (χ1v) is 9.42. The van der Waals surface area contributed by atoms with E-state index in [9.17, 15) is 9.59 Å². The van der Waals surface area contributed by atoms with Crippen LogP contribution in [0, 0.1) is 0 Å². The van der Waals surface area contributed by atoms with Crippen molar-refractivity contribution in [1.82, 2.24) is 5.32 Å². The number of esters is 1. The summed E-state index contributed by atoms with van der Waals surface area (Å²) in [6.07, 6.45) is 0.641. The lowest BCUT2D eigenvalue weighted by molar-refractivity contribution is -0.150. The molecular formula is C24H23NO4. The zero-order valence-corrected chi connectivity index (χ0v) is 16.0. The highest BCUT2D eigenvalue weighted by molar-refractivity contribution is 5.81. The van der Waals surface area contributed by atoms with E-state index in [4.69, 9.17) is 9.47 Å². The molecule has 0 spiro atoms. The predicted molar refractivity (Wildman–Crippen MR) is 110 cm³/mol. The summed E-state index contributed by atoms with van der Waals surface area (Å²) in [5.74, 6) is -0.382. The molecule has 3 aromatic carbocycles. The van der Waals surface area contributed by atoms with Crippen molar-refractivity contribution in [2.75, 3.05) is 13.2 Å². The number of nitrogens with one attached hydrogen (secondary N) is 1. The molecule has 148 valence electrons. The Morgan fingerprint density at radius 1 is 0.759 bits per heavy atom. The number of hydrogen-bond acceptors (Lipinski definition) is 4. The summed E-state index contributed by atoms with van der Waals surface area (Å²) in [4.78, 5) is 24.2. The minimum atomic E-state index is -0.594. The summed E-state index contributed by atoms with van der Waals surface area (Å²) in [6, 6.07) is 28.4. The zero-order chi connectivity index (χ0) is 20.3. The minimum Gasteiger partial charge on any atom is -0.482 e. The van der Waals surface area contributed by atoms with Crippen molar-refractivity contribution in [2.24, 2.45) is 0 Å². The van der Waals surface area contributed by atoms with Gasteiger partial charge in [-0.25, -0.2) is 4.79 Å². The van der Waals surface area contributed by atoms with Gasteiger partial charge in [0.05, 0.1) is 6.04 Å². The number of para-hydroxylation sites is 1. The average molecular weight is 389 g/mol. The molecule has 5 heteroatoms. The second-order valence-electron chi connectivity index (χ2n) is 6.48. The lowest BCUT2D eigenvalue weighted by Gasteiger charge is -2.19. The topological polar surface area (TPSA) is 64.6 Å². The zero-order valence-electron chi connectivity index (χ0n) is 16.0. The smallest absolute Gasteiger partial charge is 0.344 e. The normalized spacial score (nSPS) is 11.3. The van der Waals surface area contributed by atoms with Gasteiger partial charge in [0, 0.05) is 0 Å². The maximum absolute atomic E-state index is 12.4. The third kappa shape index (κ3) is 6.81. The van der Waals surface area contributed by atoms with Crippen LogP contribution < -0.4 is 10.1 Å². The lowest BCUT2D eigenvalue weighted by Crippen LogP contribution is -2.34. The van der Waals surface area contributed by atoms with Crippen LogP contribution in [0.5, 0.6) is 5.75 Å². The molecule has 3 aromatic rings. The van der Waals surface area contributed by atoms with Crippen molar-refractivity contribution in [2.45, 2.75) is 12.5 Å². The van der Waals surface area contributed by atoms with Gasteiger partial charge in [-0.05, 0) is 29.7 Å². The molecule has 0 aliphatic carbocycles. The van der Waals surface area contributed by atoms with E-state index in [0.717, 1.165) is 11.1 Å². The number of amides is 1. The van der Waals surface area contributed by atoms with Crippen molar-refractivity contribution >= 4 is 11.9 Å². The Kier molecular flexibility index (Phi) is 7.41. The van der Waals surface area contributed by atoms with E-state index in [-0.39, 0.29) is 25.2 Å². The maximum Gasteiger partial charge on any atom is 0.344 e. The quantitative estimate of drug-likeness (QED) is 0.567. The highest BCUT2D eigenvalue weighted by Crippen LogP contribution is 2.18. The van der Waals surface area contributed by atoms with Gasteiger partial charge in [0.2, 0.25) is 0 Å². The Morgan fingerprint density at radius 2 is 1.34 bits per heavy atom. The molecule has 0 unspecified atom stereocenters. The van der Waals surface area contributed by atoms with Crippen LogP contribution in [0.1, 0.15) is 17.2 Å². The fourth-order valence-electron chi connectivity index (χ4n) is 2.87. The van der Waals surface area contributed by atoms with Crippen LogP contribution in [-0.2, 0) is 20.7 Å². The van der Waals surface area contributed by atoms with E-state index < -0.39 is 5.97 Å². The molecule has 0 saturated carbocycles. The van der Waals surface area contributed by atoms with E-state index in [2.05, 4.69) is 5.32 Å². The molecule has 0 fully saturated rings. The van der Waals surface area contributed by atoms with E-state index in [1.807, 2.05) is 78.9 Å². The molecule has 0 aliphatic heterocycles. The Hall–Kier alpha value is -3.60. The molecule has 0 heterocycles. The fourth-order valence-corrected chi connectivity index (χ4v) is 2.87. The summed E-state index contributed by atoms with van der Waals surface area (Å²) in [7, 11) is 0. The van der Waals surface area contributed by atoms with Gasteiger partial charge in [-0.3, -0.25) is 4.79 Å². The molecule has 0 bridgehead atoms. The Morgan fingerprint density at radius 3 is 2.00 bits per heavy atom. The Labute approximate surface area is 170 Å². The molecule has 1 atom stereocenters. The van der Waals surface area contributed by atoms with Gasteiger partial charge in [0.1, 0.15) is 5.75 Å². The summed E-state index contributed by atoms with van der Waals surface area (Å²) < 4.78 is 10.4. The molecule has 0 radical (unpaired) electrons. The summed E-state index contributed by atoms with van der Waals surface area (Å²) in [6.45, 7) is -0.599. The molecule has 5 nitrogen and oxygen atoms in total. The molecule has 1 amide bonds. The first kappa shape index (κ1) is 20.1. The number of carbonyl (C=O) groups excluding carboxylic acids is 2. The standard InChI is InChI=1S/C24H23NO4/c26-23(17-29-24(27)18-28-21-14-8-3-9-15-21)25-22(20-12-6-2-7-13-20)16-19-10-4-1-5-11-19/h1-15,22H,16-18H2,(H,25,26)/t22-/m0/s1. The van der Waals surface area contributed by atoms with Crippen LogP contribution >= 0.6 is 0 Å². The number of ether oxygens (including phenoxy) is 2. The number of carbonyl (C=O) groups is 2. The van der Waals surface area contributed by atoms with Gasteiger partial charge in [0.25, 0.3) is 5.91 Å². The lowest BCUT2D eigenvalue weighted by atomic mass is 9.99. The number of hydrogen-bond donors (Lipinski definition) is 1. The van der Waals surface area contributed by atoms with Gasteiger partial charge in [-0.15, -0.1) is 0 Å². The van der Waals surface area contributed by atoms with E-state index in [1.165, 1.54) is 0 Å². The van der Waals surface area contributed by atoms with Crippen molar-refractivity contribution in [1.29, 1.82) is 0 Å². The van der Waals surface area contributed by atoms with Crippen LogP contribution in [0.2, 0.25) is 0 Å². The second-order valence-corrected chi connectivity index (χ2v) is 6.48. The summed E-state index contributed by atoms with van der Waals surface area (Å²) in [5, 5.41) is 2.95. The van der Waals surface area contributed by atoms with Crippen LogP contribution in [0.4, 0.5) is 0 Å². The Bertz CT molecular complexity index is 898. The van der Waals surface area contributed by atoms with Crippen molar-refractivity contribution in [3.8, 4) is 5.75 Å². The van der Waals surface area contributed by atoms with Gasteiger partial charge in [0.15, 0.2) is 13.2 Å². The van der Waals surface area contributed by atoms with Crippen molar-refractivity contribution < 1.29 is 19.1 Å². The third-order valence-electron chi connectivity index (χ3n) is 4.28. The SMILES string of the molecule is O=C(COC(=O)COc1ccccc1)N[C@@H](Cc1ccccc1)c1ccccc1. The van der Waals surface area contributed by atoms with Crippen molar-refractivity contribution in [3.63, 3.8) is 0 Å². The van der Waals surface area contributed by atoms with Gasteiger partial charge in [-0.2, -0.15) is 0 Å². The van der Waals surface area contributed by atoms with Gasteiger partial charge in [-0.1, -0.05) is 78.9 Å². The monoisotopic (exact) mass is 389 g/mol. The van der Waals surface area contributed by atoms with Crippen LogP contribution in [-0.4, -0.2) is 25.1 Å². The predicted octanol–water partition coefficient (Wildman–Crippen LogP) is 3.71. The minimum absolute atomic E-state index is 0.217. The number of benzene rings is 3. The van der Waals surface area contributed by atoms with E-state index in [0.29, 0.717) is 12.2 Å². The molecular weight excluding hydrogens is 366 g/mol. The van der Waals surface area contributed by atoms with Gasteiger partial charge < -0.3 is 14.8 Å². The highest BCUT2D eigenvalue weighted by atomic mass is 16.6. The largest absolute Gasteiger partial charge is 0.482 e. The fraction of sp³-hybridized carbons (Fsp3) is 0.167. The number of rotatable bonds is 9. The van der Waals surface area contributed by atoms with E-state index in [1.54, 1.807) is 12.1 Å². The third-order valence-corrected chi connectivity index (χ3v) is 4.28. The average Bonchev–Trinajstić information content (AvgIpc) is 2.78. The molecule has 0 aromatic heterocycles. The summed E-state index contributed by atoms with van der Waals surface area (Å²) in [5.41, 5.74) is 2.10. The molecule has 1 N–H and O–H groups in total. The van der Waals surface area contributed by atoms with Crippen LogP contribution in [0.3, 0.4) is 0 Å². The second kappa shape index (κ2) is 10.7. The molecule has 29 heavy (non-hydrogen) atoms. The first-order chi connectivity index (χ1) is 14.2. The molecule has 3 rings (SSSR count). The van der Waals surface area contributed by atoms with Gasteiger partial charge >= 0.3 is 5.97 Å². The van der Waals surface area contributed by atoms with Crippen molar-refractivity contribution in [3.05, 3.63) is 102 Å². The maximum atomic E-state index is 12.4. The van der Waals surface area contributed by atoms with E-state index >= 15 is 0 Å². The Balaban J connectivity index is 1.52.